The van der Waals surface area contributed by atoms with E-state index in [9.17, 15) is 9.90 Å². The molecule has 2 aromatic rings. The van der Waals surface area contributed by atoms with Gasteiger partial charge in [-0.2, -0.15) is 0 Å². The van der Waals surface area contributed by atoms with Gasteiger partial charge in [-0.3, -0.25) is 10.1 Å². The molecule has 1 atom stereocenters. The summed E-state index contributed by atoms with van der Waals surface area (Å²) in [5, 5.41) is 22.4. The molecule has 0 fully saturated rings. The first kappa shape index (κ1) is 11.2. The maximum Gasteiger partial charge on any atom is 0.321 e. The zero-order valence-electron chi connectivity index (χ0n) is 9.63. The summed E-state index contributed by atoms with van der Waals surface area (Å²) in [4.78, 5) is 15.3. The number of hydrogen-bond acceptors (Lipinski definition) is 4. The van der Waals surface area contributed by atoms with E-state index in [1.807, 2.05) is 12.1 Å². The number of aliphatic carboxylic acids is 1. The van der Waals surface area contributed by atoms with E-state index in [4.69, 9.17) is 5.11 Å². The zero-order chi connectivity index (χ0) is 12.7. The maximum atomic E-state index is 11.0. The van der Waals surface area contributed by atoms with Crippen LogP contribution in [0.3, 0.4) is 0 Å². The second-order valence-corrected chi connectivity index (χ2v) is 4.35. The Morgan fingerprint density at radius 2 is 2.44 bits per heavy atom. The minimum Gasteiger partial charge on any atom is -0.480 e. The molecular weight excluding hydrogens is 234 g/mol. The molecule has 0 amide bonds. The molecule has 0 spiro atoms. The van der Waals surface area contributed by atoms with Crippen molar-refractivity contribution in [3.8, 4) is 0 Å². The minimum atomic E-state index is -0.852. The van der Waals surface area contributed by atoms with Gasteiger partial charge in [-0.05, 0) is 17.7 Å². The van der Waals surface area contributed by atoms with Crippen molar-refractivity contribution in [1.29, 1.82) is 0 Å². The number of carboxylic acid groups (broad SMARTS) is 1. The molecule has 0 unspecified atom stereocenters. The van der Waals surface area contributed by atoms with Crippen LogP contribution in [0.2, 0.25) is 0 Å². The van der Waals surface area contributed by atoms with Gasteiger partial charge in [0.25, 0.3) is 0 Å². The first-order chi connectivity index (χ1) is 8.72. The SMILES string of the molecule is O=C(O)[C@@H]1Cc2c(n(CO)c3ncccc23)CN1. The predicted molar refractivity (Wildman–Crippen MR) is 63.9 cm³/mol. The van der Waals surface area contributed by atoms with E-state index in [1.54, 1.807) is 10.8 Å². The molecule has 94 valence electrons. The zero-order valence-corrected chi connectivity index (χ0v) is 9.63. The van der Waals surface area contributed by atoms with Gasteiger partial charge in [0.2, 0.25) is 0 Å². The van der Waals surface area contributed by atoms with E-state index in [1.165, 1.54) is 0 Å². The van der Waals surface area contributed by atoms with Crippen LogP contribution in [0.1, 0.15) is 11.3 Å². The Hall–Kier alpha value is -1.92. The Morgan fingerprint density at radius 3 is 3.17 bits per heavy atom. The lowest BCUT2D eigenvalue weighted by molar-refractivity contribution is -0.139. The Bertz CT molecular complexity index is 620. The van der Waals surface area contributed by atoms with Crippen LogP contribution in [0, 0.1) is 0 Å². The number of fused-ring (bicyclic) bond motifs is 3. The fraction of sp³-hybridized carbons (Fsp3) is 0.333. The van der Waals surface area contributed by atoms with Crippen molar-refractivity contribution < 1.29 is 15.0 Å². The van der Waals surface area contributed by atoms with Crippen LogP contribution in [-0.4, -0.2) is 31.8 Å². The second-order valence-electron chi connectivity index (χ2n) is 4.35. The van der Waals surface area contributed by atoms with Gasteiger partial charge in [-0.1, -0.05) is 0 Å². The van der Waals surface area contributed by atoms with Crippen LogP contribution in [0.15, 0.2) is 18.3 Å². The van der Waals surface area contributed by atoms with Crippen LogP contribution >= 0.6 is 0 Å². The van der Waals surface area contributed by atoms with Crippen molar-refractivity contribution in [3.63, 3.8) is 0 Å². The number of carboxylic acids is 1. The standard InChI is InChI=1S/C12H13N3O3/c16-6-15-10-5-14-9(12(17)18)4-8(10)7-2-1-3-13-11(7)15/h1-3,9,14,16H,4-6H2,(H,17,18)/t9-/m0/s1. The Labute approximate surface area is 103 Å². The number of nitrogens with one attached hydrogen (secondary N) is 1. The highest BCUT2D eigenvalue weighted by Gasteiger charge is 2.28. The number of nitrogens with zero attached hydrogens (tertiary/aromatic N) is 2. The van der Waals surface area contributed by atoms with Crippen LogP contribution < -0.4 is 5.32 Å². The highest BCUT2D eigenvalue weighted by Crippen LogP contribution is 2.28. The van der Waals surface area contributed by atoms with Crippen molar-refractivity contribution in [2.45, 2.75) is 25.7 Å². The molecule has 1 aliphatic heterocycles. The summed E-state index contributed by atoms with van der Waals surface area (Å²) in [7, 11) is 0. The summed E-state index contributed by atoms with van der Waals surface area (Å²) in [6.07, 6.45) is 2.09. The first-order valence-corrected chi connectivity index (χ1v) is 5.74. The van der Waals surface area contributed by atoms with Gasteiger partial charge in [0.1, 0.15) is 18.4 Å². The summed E-state index contributed by atoms with van der Waals surface area (Å²) in [6.45, 7) is 0.283. The van der Waals surface area contributed by atoms with Gasteiger partial charge < -0.3 is 14.8 Å². The largest absolute Gasteiger partial charge is 0.480 e. The fourth-order valence-electron chi connectivity index (χ4n) is 2.55. The third-order valence-corrected chi connectivity index (χ3v) is 3.41. The molecule has 0 saturated carbocycles. The third-order valence-electron chi connectivity index (χ3n) is 3.41. The molecule has 3 heterocycles. The van der Waals surface area contributed by atoms with Crippen molar-refractivity contribution >= 4 is 17.0 Å². The molecule has 18 heavy (non-hydrogen) atoms. The molecule has 0 bridgehead atoms. The van der Waals surface area contributed by atoms with E-state index in [0.717, 1.165) is 16.6 Å². The smallest absolute Gasteiger partial charge is 0.321 e. The summed E-state index contributed by atoms with van der Waals surface area (Å²) in [6, 6.07) is 3.16. The molecule has 1 aliphatic rings. The summed E-state index contributed by atoms with van der Waals surface area (Å²) in [5.41, 5.74) is 2.60. The lowest BCUT2D eigenvalue weighted by Gasteiger charge is -2.21. The summed E-state index contributed by atoms with van der Waals surface area (Å²) >= 11 is 0. The van der Waals surface area contributed by atoms with Gasteiger partial charge in [0.15, 0.2) is 0 Å². The highest BCUT2D eigenvalue weighted by molar-refractivity contribution is 5.84. The number of hydrogen-bond donors (Lipinski definition) is 3. The number of carbonyl (C=O) groups is 1. The number of aliphatic hydroxyl groups excluding tert-OH is 1. The Kier molecular flexibility index (Phi) is 2.53. The molecule has 0 aliphatic carbocycles. The lowest BCUT2D eigenvalue weighted by Crippen LogP contribution is -2.42. The Morgan fingerprint density at radius 1 is 1.61 bits per heavy atom. The van der Waals surface area contributed by atoms with Crippen molar-refractivity contribution in [2.75, 3.05) is 0 Å². The molecular formula is C12H13N3O3. The molecule has 6 nitrogen and oxygen atoms in total. The minimum absolute atomic E-state index is 0.151. The van der Waals surface area contributed by atoms with Crippen LogP contribution in [0.4, 0.5) is 0 Å². The molecule has 2 aromatic heterocycles. The molecule has 3 N–H and O–H groups in total. The van der Waals surface area contributed by atoms with E-state index in [0.29, 0.717) is 18.6 Å². The fourth-order valence-corrected chi connectivity index (χ4v) is 2.55. The summed E-state index contributed by atoms with van der Waals surface area (Å²) < 4.78 is 1.72. The van der Waals surface area contributed by atoms with Gasteiger partial charge in [-0.15, -0.1) is 0 Å². The van der Waals surface area contributed by atoms with Gasteiger partial charge >= 0.3 is 5.97 Å². The highest BCUT2D eigenvalue weighted by atomic mass is 16.4. The quantitative estimate of drug-likeness (QED) is 0.699. The van der Waals surface area contributed by atoms with Gasteiger partial charge in [0.05, 0.1) is 0 Å². The average Bonchev–Trinajstić information content (AvgIpc) is 2.71. The van der Waals surface area contributed by atoms with Crippen molar-refractivity contribution in [3.05, 3.63) is 29.6 Å². The van der Waals surface area contributed by atoms with Crippen LogP contribution in [0.25, 0.3) is 11.0 Å². The number of pyridine rings is 1. The number of aromatic nitrogens is 2. The molecule has 0 saturated heterocycles. The molecule has 0 aromatic carbocycles. The molecule has 3 rings (SSSR count). The van der Waals surface area contributed by atoms with Crippen LogP contribution in [-0.2, 0) is 24.5 Å². The van der Waals surface area contributed by atoms with Crippen LogP contribution in [0.5, 0.6) is 0 Å². The first-order valence-electron chi connectivity index (χ1n) is 5.74. The van der Waals surface area contributed by atoms with E-state index < -0.39 is 12.0 Å². The summed E-state index contributed by atoms with van der Waals surface area (Å²) in [5.74, 6) is -0.852. The predicted octanol–water partition coefficient (Wildman–Crippen LogP) is 0.0850. The average molecular weight is 247 g/mol. The number of rotatable bonds is 2. The van der Waals surface area contributed by atoms with E-state index in [-0.39, 0.29) is 6.73 Å². The van der Waals surface area contributed by atoms with Gasteiger partial charge in [-0.25, -0.2) is 4.98 Å². The monoisotopic (exact) mass is 247 g/mol. The lowest BCUT2D eigenvalue weighted by atomic mass is 9.99. The van der Waals surface area contributed by atoms with Crippen molar-refractivity contribution in [1.82, 2.24) is 14.9 Å². The molecule has 0 radical (unpaired) electrons. The third kappa shape index (κ3) is 1.50. The van der Waals surface area contributed by atoms with Crippen molar-refractivity contribution in [2.24, 2.45) is 0 Å². The maximum absolute atomic E-state index is 11.0. The second kappa shape index (κ2) is 4.08. The number of aliphatic hydroxyl groups is 1. The van der Waals surface area contributed by atoms with E-state index >= 15 is 0 Å². The normalized spacial score (nSPS) is 18.8. The molecule has 6 heteroatoms. The van der Waals surface area contributed by atoms with Gasteiger partial charge in [0, 0.05) is 30.2 Å². The Balaban J connectivity index is 2.19. The van der Waals surface area contributed by atoms with E-state index in [2.05, 4.69) is 10.3 Å². The topological polar surface area (TPSA) is 87.4 Å².